The zero-order valence-corrected chi connectivity index (χ0v) is 8.98. The van der Waals surface area contributed by atoms with Gasteiger partial charge in [0.05, 0.1) is 0 Å². The molecule has 88 valence electrons. The molecule has 0 aromatic carbocycles. The molecular formula is C8H6ClF3N2O2. The van der Waals surface area contributed by atoms with Crippen LogP contribution < -0.4 is 4.74 Å². The Morgan fingerprint density at radius 1 is 1.38 bits per heavy atom. The minimum Gasteiger partial charge on any atom is -0.421 e. The number of carbonyl (C=O) groups is 1. The van der Waals surface area contributed by atoms with E-state index in [0.29, 0.717) is 0 Å². The van der Waals surface area contributed by atoms with Gasteiger partial charge in [-0.15, -0.1) is 0 Å². The Balaban J connectivity index is 3.38. The van der Waals surface area contributed by atoms with E-state index in [1.165, 1.54) is 6.92 Å². The van der Waals surface area contributed by atoms with Crippen LogP contribution in [-0.4, -0.2) is 15.9 Å². The van der Waals surface area contributed by atoms with Crippen LogP contribution in [0.4, 0.5) is 13.2 Å². The second-order valence-electron chi connectivity index (χ2n) is 2.83. The minimum atomic E-state index is -4.76. The first kappa shape index (κ1) is 12.7. The highest BCUT2D eigenvalue weighted by Gasteiger charge is 2.39. The fourth-order valence-electron chi connectivity index (χ4n) is 0.954. The number of esters is 1. The number of aromatic nitrogens is 2. The lowest BCUT2D eigenvalue weighted by atomic mass is 10.3. The Morgan fingerprint density at radius 3 is 2.38 bits per heavy atom. The maximum atomic E-state index is 12.5. The van der Waals surface area contributed by atoms with Gasteiger partial charge < -0.3 is 4.74 Å². The van der Waals surface area contributed by atoms with Gasteiger partial charge in [-0.1, -0.05) is 11.6 Å². The molecule has 0 atom stereocenters. The first-order valence-electron chi connectivity index (χ1n) is 4.01. The van der Waals surface area contributed by atoms with Gasteiger partial charge in [0.25, 0.3) is 0 Å². The van der Waals surface area contributed by atoms with Crippen molar-refractivity contribution in [2.45, 2.75) is 20.0 Å². The molecule has 0 aliphatic heterocycles. The fraction of sp³-hybridized carbons (Fsp3) is 0.375. The van der Waals surface area contributed by atoms with Crippen LogP contribution in [0.2, 0.25) is 5.15 Å². The number of halogens is 4. The van der Waals surface area contributed by atoms with Crippen LogP contribution >= 0.6 is 11.6 Å². The summed E-state index contributed by atoms with van der Waals surface area (Å²) in [5.41, 5.74) is -1.36. The predicted molar refractivity (Wildman–Crippen MR) is 48.1 cm³/mol. The van der Waals surface area contributed by atoms with Gasteiger partial charge in [0, 0.05) is 6.92 Å². The molecule has 0 radical (unpaired) electrons. The van der Waals surface area contributed by atoms with E-state index in [4.69, 9.17) is 11.6 Å². The van der Waals surface area contributed by atoms with Gasteiger partial charge in [-0.2, -0.15) is 13.2 Å². The fourth-order valence-corrected chi connectivity index (χ4v) is 1.20. The molecule has 1 aromatic rings. The van der Waals surface area contributed by atoms with Gasteiger partial charge in [-0.25, -0.2) is 9.97 Å². The third-order valence-corrected chi connectivity index (χ3v) is 1.71. The van der Waals surface area contributed by atoms with Crippen molar-refractivity contribution in [1.29, 1.82) is 0 Å². The van der Waals surface area contributed by atoms with Crippen LogP contribution in [0.15, 0.2) is 0 Å². The summed E-state index contributed by atoms with van der Waals surface area (Å²) < 4.78 is 41.9. The number of aryl methyl sites for hydroxylation is 1. The van der Waals surface area contributed by atoms with Gasteiger partial charge in [-0.3, -0.25) is 4.79 Å². The van der Waals surface area contributed by atoms with Gasteiger partial charge in [0.15, 0.2) is 16.6 Å². The Hall–Kier alpha value is -1.37. The summed E-state index contributed by atoms with van der Waals surface area (Å²) in [4.78, 5) is 17.3. The lowest BCUT2D eigenvalue weighted by molar-refractivity contribution is -0.144. The van der Waals surface area contributed by atoms with Crippen molar-refractivity contribution in [3.63, 3.8) is 0 Å². The summed E-state index contributed by atoms with van der Waals surface area (Å²) in [6, 6.07) is 0. The smallest absolute Gasteiger partial charge is 0.421 e. The van der Waals surface area contributed by atoms with E-state index in [1.54, 1.807) is 0 Å². The number of rotatable bonds is 1. The van der Waals surface area contributed by atoms with Crippen LogP contribution in [0, 0.1) is 6.92 Å². The summed E-state index contributed by atoms with van der Waals surface area (Å²) in [5, 5.41) is -0.546. The van der Waals surface area contributed by atoms with E-state index < -0.39 is 28.7 Å². The highest BCUT2D eigenvalue weighted by Crippen LogP contribution is 2.38. The van der Waals surface area contributed by atoms with Crippen LogP contribution in [0.3, 0.4) is 0 Å². The first-order chi connectivity index (χ1) is 7.21. The molecule has 0 saturated carbocycles. The van der Waals surface area contributed by atoms with E-state index in [9.17, 15) is 18.0 Å². The number of nitrogens with zero attached hydrogens (tertiary/aromatic N) is 2. The van der Waals surface area contributed by atoms with Gasteiger partial charge in [-0.05, 0) is 6.92 Å². The number of hydrogen-bond donors (Lipinski definition) is 0. The topological polar surface area (TPSA) is 52.1 Å². The summed E-state index contributed by atoms with van der Waals surface area (Å²) >= 11 is 5.46. The van der Waals surface area contributed by atoms with Crippen molar-refractivity contribution in [3.05, 3.63) is 16.7 Å². The molecule has 4 nitrogen and oxygen atoms in total. The van der Waals surface area contributed by atoms with Crippen LogP contribution in [0.5, 0.6) is 5.75 Å². The molecule has 0 bridgehead atoms. The molecule has 0 unspecified atom stereocenters. The van der Waals surface area contributed by atoms with E-state index in [1.807, 2.05) is 0 Å². The van der Waals surface area contributed by atoms with Gasteiger partial charge >= 0.3 is 12.1 Å². The van der Waals surface area contributed by atoms with Crippen molar-refractivity contribution >= 4 is 17.6 Å². The SMILES string of the molecule is CC(=O)Oc1c(Cl)nc(C)nc1C(F)(F)F. The second-order valence-corrected chi connectivity index (χ2v) is 3.19. The third-order valence-electron chi connectivity index (χ3n) is 1.45. The summed E-state index contributed by atoms with van der Waals surface area (Å²) in [7, 11) is 0. The maximum Gasteiger partial charge on any atom is 0.437 e. The maximum absolute atomic E-state index is 12.5. The molecule has 0 spiro atoms. The number of carbonyl (C=O) groups excluding carboxylic acids is 1. The molecule has 1 aromatic heterocycles. The molecule has 0 saturated heterocycles. The molecule has 0 aliphatic carbocycles. The van der Waals surface area contributed by atoms with E-state index in [2.05, 4.69) is 14.7 Å². The zero-order chi connectivity index (χ0) is 12.5. The number of ether oxygens (including phenoxy) is 1. The molecule has 0 fully saturated rings. The molecule has 1 rings (SSSR count). The Morgan fingerprint density at radius 2 is 1.94 bits per heavy atom. The summed E-state index contributed by atoms with van der Waals surface area (Å²) in [5.74, 6) is -1.96. The van der Waals surface area contributed by atoms with Crippen LogP contribution in [-0.2, 0) is 11.0 Å². The monoisotopic (exact) mass is 254 g/mol. The van der Waals surface area contributed by atoms with E-state index in [0.717, 1.165) is 6.92 Å². The van der Waals surface area contributed by atoms with E-state index >= 15 is 0 Å². The second kappa shape index (κ2) is 4.25. The van der Waals surface area contributed by atoms with Crippen molar-refractivity contribution < 1.29 is 22.7 Å². The first-order valence-corrected chi connectivity index (χ1v) is 4.39. The molecule has 0 amide bonds. The van der Waals surface area contributed by atoms with Gasteiger partial charge in [0.1, 0.15) is 5.82 Å². The highest BCUT2D eigenvalue weighted by atomic mass is 35.5. The molecule has 1 heterocycles. The predicted octanol–water partition coefficient (Wildman–Crippen LogP) is 2.38. The normalized spacial score (nSPS) is 11.4. The lowest BCUT2D eigenvalue weighted by Gasteiger charge is -2.12. The van der Waals surface area contributed by atoms with Crippen molar-refractivity contribution in [2.24, 2.45) is 0 Å². The van der Waals surface area contributed by atoms with Crippen molar-refractivity contribution in [1.82, 2.24) is 9.97 Å². The molecular weight excluding hydrogens is 249 g/mol. The number of alkyl halides is 3. The van der Waals surface area contributed by atoms with Gasteiger partial charge in [0.2, 0.25) is 0 Å². The van der Waals surface area contributed by atoms with E-state index in [-0.39, 0.29) is 5.82 Å². The van der Waals surface area contributed by atoms with Crippen molar-refractivity contribution in [2.75, 3.05) is 0 Å². The number of hydrogen-bond acceptors (Lipinski definition) is 4. The average Bonchev–Trinajstić information content (AvgIpc) is 2.06. The summed E-state index contributed by atoms with van der Waals surface area (Å²) in [6.45, 7) is 2.20. The average molecular weight is 255 g/mol. The van der Waals surface area contributed by atoms with Crippen LogP contribution in [0.1, 0.15) is 18.4 Å². The standard InChI is InChI=1S/C8H6ClF3N2O2/c1-3-13-6(8(10,11)12)5(7(9)14-3)16-4(2)15/h1-2H3. The Labute approximate surface area is 93.4 Å². The molecule has 0 aliphatic rings. The highest BCUT2D eigenvalue weighted by molar-refractivity contribution is 6.31. The lowest BCUT2D eigenvalue weighted by Crippen LogP contribution is -2.15. The molecule has 8 heteroatoms. The quantitative estimate of drug-likeness (QED) is 0.570. The third kappa shape index (κ3) is 2.82. The minimum absolute atomic E-state index is 0.159. The Bertz CT molecular complexity index is 434. The van der Waals surface area contributed by atoms with Crippen LogP contribution in [0.25, 0.3) is 0 Å². The Kier molecular flexibility index (Phi) is 3.37. The summed E-state index contributed by atoms with van der Waals surface area (Å²) in [6.07, 6.45) is -4.76. The molecule has 0 N–H and O–H groups in total. The van der Waals surface area contributed by atoms with Crippen molar-refractivity contribution in [3.8, 4) is 5.75 Å². The largest absolute Gasteiger partial charge is 0.437 e. The zero-order valence-electron chi connectivity index (χ0n) is 8.22. The molecule has 16 heavy (non-hydrogen) atoms.